The van der Waals surface area contributed by atoms with E-state index in [4.69, 9.17) is 169 Å². The van der Waals surface area contributed by atoms with E-state index in [0.717, 1.165) is 64.4 Å². The molecule has 24 atom stereocenters. The molecule has 61 heteroatoms. The number of nitrogens with one attached hydrogen (secondary N) is 5. The van der Waals surface area contributed by atoms with Crippen molar-refractivity contribution in [2.75, 3.05) is 73.3 Å². The summed E-state index contributed by atoms with van der Waals surface area (Å²) in [7, 11) is 3.31. The molecule has 5 fully saturated rings. The van der Waals surface area contributed by atoms with E-state index in [1.54, 1.807) is 13.8 Å². The van der Waals surface area contributed by atoms with Crippen molar-refractivity contribution in [1.29, 1.82) is 0 Å². The molecule has 5 aliphatic rings. The van der Waals surface area contributed by atoms with Gasteiger partial charge in [-0.15, -0.1) is 0 Å². The lowest BCUT2D eigenvalue weighted by Crippen LogP contribution is -2.42. The Labute approximate surface area is 706 Å². The number of rotatable bonds is 39. The molecule has 6 aromatic heterocycles. The molecule has 8 N–H and O–H groups in total. The predicted molar refractivity (Wildman–Crippen MR) is 422 cm³/mol. The van der Waals surface area contributed by atoms with Crippen molar-refractivity contribution in [2.45, 2.75) is 177 Å². The number of nitrogens with zero attached hydrogens (tertiary/aromatic N) is 7. The van der Waals surface area contributed by atoms with E-state index < -0.39 is 254 Å². The van der Waals surface area contributed by atoms with E-state index in [9.17, 15) is 72.4 Å². The molecule has 11 heterocycles. The number of fused-ring (bicyclic) bond motifs is 1. The Kier molecular flexibility index (Phi) is 31.7. The van der Waals surface area contributed by atoms with Gasteiger partial charge in [-0.25, -0.2) is 24.2 Å². The summed E-state index contributed by atoms with van der Waals surface area (Å²) >= 11 is 32.0. The summed E-state index contributed by atoms with van der Waals surface area (Å²) in [6.07, 6.45) is -24.7. The number of aryl methyl sites for hydroxylation is 4. The van der Waals surface area contributed by atoms with Gasteiger partial charge in [0.25, 0.3) is 27.8 Å². The van der Waals surface area contributed by atoms with Gasteiger partial charge in [-0.2, -0.15) is 4.98 Å². The average molecular weight is 1920 g/mol. The van der Waals surface area contributed by atoms with Crippen molar-refractivity contribution in [3.05, 3.63) is 147 Å². The molecule has 6 aromatic rings. The summed E-state index contributed by atoms with van der Waals surface area (Å²) in [5, 5.41) is 9.36. The number of aromatic nitrogens is 12. The normalized spacial score (nSPS) is 29.5. The van der Waals surface area contributed by atoms with Crippen LogP contribution in [0, 0.1) is 27.7 Å². The SMILES string of the molecule is COC1[C@@H](OP(=O)([S-])OC[C@H]2O[C@@H](n3cc(C)c(=O)[nH]c3=O)C(OC)[C@H]2OP([O-])(=S)OCCCO)[C@@H](COP([O-])(=S)O[C@@H]2C(OC)[C@H](n3cc(C)c(=O)[nH]c3=O)O[C@@H]2COP([O-])(=S)O[C@@H]2C[C@H](n3cc(C)c(=O)[nH]c3=O)O[C@@H]2COP([O-])(=S)O[C@@H]2C[C@H](n3cnc4c(=O)[nH]c(N)nc43)O[C@@H]2COP([O-])(=S)OC(C)C)O[C@H]1n1cc(C)c(=O)[nH]c1=O. The average Bonchev–Trinajstić information content (AvgIpc) is 1.64. The smallest absolute Gasteiger partial charge is 0.330 e. The van der Waals surface area contributed by atoms with Gasteiger partial charge in [0.05, 0.1) is 64.3 Å². The summed E-state index contributed by atoms with van der Waals surface area (Å²) in [6.45, 7) is -25.9. The monoisotopic (exact) mass is 1920 g/mol. The fourth-order valence-corrected chi connectivity index (χ4v) is 22.0. The maximum absolute atomic E-state index is 15.0. The van der Waals surface area contributed by atoms with Crippen LogP contribution in [-0.2, 0) is 168 Å². The maximum Gasteiger partial charge on any atom is 0.330 e. The molecule has 49 nitrogen and oxygen atoms in total. The van der Waals surface area contributed by atoms with E-state index >= 15 is 4.89 Å². The molecule has 0 bridgehead atoms. The Morgan fingerprint density at radius 1 is 0.492 bits per heavy atom. The van der Waals surface area contributed by atoms with E-state index in [0.29, 0.717) is 0 Å². The largest absolute Gasteiger partial charge is 0.780 e. The number of anilines is 1. The maximum atomic E-state index is 15.0. The zero-order chi connectivity index (χ0) is 87.8. The fraction of sp³-hybridized carbons (Fsp3) is 0.644. The van der Waals surface area contributed by atoms with Crippen LogP contribution in [0.25, 0.3) is 11.2 Å². The van der Waals surface area contributed by atoms with Crippen LogP contribution in [-0.4, -0.2) is 216 Å². The molecule has 0 amide bonds. The third kappa shape index (κ3) is 23.3. The second-order valence-corrected chi connectivity index (χ2v) is 43.7. The zero-order valence-electron chi connectivity index (χ0n) is 64.0. The minimum atomic E-state index is -5.22. The van der Waals surface area contributed by atoms with Gasteiger partial charge >= 0.3 is 22.8 Å². The molecule has 11 rings (SSSR count). The van der Waals surface area contributed by atoms with Crippen molar-refractivity contribution in [3.63, 3.8) is 0 Å². The highest BCUT2D eigenvalue weighted by atomic mass is 32.7. The van der Waals surface area contributed by atoms with Crippen LogP contribution >= 0.6 is 40.4 Å². The first-order chi connectivity index (χ1) is 56.2. The standard InChI is InChI=1S/C59H85N13O36P6S6/c1-25(2)103-110(84,116)93-19-33-31(14-38(99-33)72-24-61-39-46(72)62-55(60)63-51(39)78)105-111(85,117)94-20-32-30(13-37(98-32)68-15-26(3)47(74)64-56(68)79)104-112(86,118)95-21-34-41(44(90-8)53(100-34)70-17-28(5)49(76)66-58(70)81)107-114(88,120)97-23-36-42(45(91-9)54(102-36)71-18-29(6)50(77)67-59(71)82)108-113(87,119)96-22-35-40(106-109(83,115)92-12-10-11-73)43(89-7)52(101-35)69-16-27(4)48(75)65-57(69)80/h15-18,24-25,30-38,40-45,52-54,73H,10-14,19-23H2,1-9H3,(H,83,115)(H,84,116)(H,85,117)(H,86,118)(H,87,119)(H,88,120)(H,64,74,79)(H,65,75,80)(H,66,76,81)(H,67,77,82)(H3,60,62,63,78)/p-6/t30-,31-,32-,33-,34-,35-,36-,37-,38-,40+,41+,42+,43?,44?,45?,52-,53-,54-,109?,110?,111?,112?,113?,114?/m1/s1. The Bertz CT molecular complexity index is 5640. The first kappa shape index (κ1) is 96.3. The molecule has 0 radical (unpaired) electrons. The second-order valence-electron chi connectivity index (χ2n) is 27.4. The number of aliphatic hydroxyl groups is 1. The van der Waals surface area contributed by atoms with Crippen molar-refractivity contribution >= 4 is 129 Å². The Morgan fingerprint density at radius 3 is 1.24 bits per heavy atom. The van der Waals surface area contributed by atoms with Gasteiger partial charge in [0.1, 0.15) is 113 Å². The van der Waals surface area contributed by atoms with Crippen molar-refractivity contribution in [2.24, 2.45) is 0 Å². The van der Waals surface area contributed by atoms with Gasteiger partial charge in [0, 0.05) is 87.8 Å². The number of H-pyrrole nitrogens is 5. The zero-order valence-corrected chi connectivity index (χ0v) is 74.3. The van der Waals surface area contributed by atoms with E-state index in [-0.39, 0.29) is 58.8 Å². The minimum absolute atomic E-state index is 0.0138. The third-order valence-electron chi connectivity index (χ3n) is 18.7. The van der Waals surface area contributed by atoms with Crippen molar-refractivity contribution in [1.82, 2.24) is 57.7 Å². The Hall–Kier alpha value is -4.34. The molecule has 120 heavy (non-hydrogen) atoms. The molecule has 0 aliphatic carbocycles. The van der Waals surface area contributed by atoms with Gasteiger partial charge in [0.15, 0.2) is 36.6 Å². The van der Waals surface area contributed by atoms with Crippen LogP contribution in [0.1, 0.15) is 86.5 Å². The number of hydrogen-bond donors (Lipinski definition) is 7. The van der Waals surface area contributed by atoms with Gasteiger partial charge in [-0.3, -0.25) is 76.3 Å². The van der Waals surface area contributed by atoms with Crippen LogP contribution < -0.4 is 80.8 Å². The highest BCUT2D eigenvalue weighted by Crippen LogP contribution is 2.56. The van der Waals surface area contributed by atoms with E-state index in [1.807, 2.05) is 0 Å². The Morgan fingerprint density at radius 2 is 0.842 bits per heavy atom. The molecule has 0 saturated carbocycles. The quantitative estimate of drug-likeness (QED) is 0.0109. The Balaban J connectivity index is 0.837. The lowest BCUT2D eigenvalue weighted by Gasteiger charge is -2.37. The first-order valence-electron chi connectivity index (χ1n) is 35.5. The highest BCUT2D eigenvalue weighted by molar-refractivity contribution is 8.32. The highest BCUT2D eigenvalue weighted by Gasteiger charge is 2.54. The summed E-state index contributed by atoms with van der Waals surface area (Å²) in [5.41, 5.74) is -2.49. The molecule has 0 aromatic carbocycles. The fourth-order valence-electron chi connectivity index (χ4n) is 13.2. The topological polar surface area (TPSA) is 646 Å². The molecule has 5 saturated heterocycles. The van der Waals surface area contributed by atoms with Crippen LogP contribution in [0.2, 0.25) is 0 Å². The number of aliphatic hydroxyl groups excluding tert-OH is 1. The number of ether oxygens (including phenoxy) is 8. The van der Waals surface area contributed by atoms with Crippen molar-refractivity contribution in [3.8, 4) is 0 Å². The van der Waals surface area contributed by atoms with Crippen molar-refractivity contribution < 1.29 is 126 Å². The third-order valence-corrected chi connectivity index (χ3v) is 28.2. The van der Waals surface area contributed by atoms with E-state index in [2.05, 4.69) is 34.9 Å². The predicted octanol–water partition coefficient (Wildman–Crippen LogP) is -4.14. The van der Waals surface area contributed by atoms with Gasteiger partial charge < -0.3 is 140 Å². The summed E-state index contributed by atoms with van der Waals surface area (Å²) in [6, 6.07) is 0. The van der Waals surface area contributed by atoms with Gasteiger partial charge in [-0.05, 0) is 48.0 Å². The number of hydrogen-bond acceptors (Lipinski definition) is 45. The summed E-state index contributed by atoms with van der Waals surface area (Å²) in [4.78, 5) is 207. The number of methoxy groups -OCH3 is 3. The first-order valence-corrected chi connectivity index (χ1v) is 50.9. The summed E-state index contributed by atoms with van der Waals surface area (Å²) < 4.78 is 137. The van der Waals surface area contributed by atoms with E-state index in [1.165, 1.54) is 38.6 Å². The molecular formula is C59H79N13O36P6S6-6. The lowest BCUT2D eigenvalue weighted by atomic mass is 10.1. The van der Waals surface area contributed by atoms with Gasteiger partial charge in [0.2, 0.25) is 5.95 Å². The second kappa shape index (κ2) is 39.5. The van der Waals surface area contributed by atoms with Crippen LogP contribution in [0.5, 0.6) is 0 Å². The molecule has 668 valence electrons. The van der Waals surface area contributed by atoms with Gasteiger partial charge in [-0.1, -0.05) is 59.0 Å². The number of aromatic amines is 5. The van der Waals surface area contributed by atoms with Crippen LogP contribution in [0.4, 0.5) is 5.95 Å². The molecule has 5 aliphatic heterocycles. The minimum Gasteiger partial charge on any atom is -0.780 e. The molecule has 9 unspecified atom stereocenters. The van der Waals surface area contributed by atoms with Crippen LogP contribution in [0.15, 0.2) is 74.3 Å². The number of imidazole rings is 1. The number of nitrogen functional groups attached to an aromatic ring is 1. The molecule has 0 spiro atoms. The summed E-state index contributed by atoms with van der Waals surface area (Å²) in [5.74, 6) is -0.285. The van der Waals surface area contributed by atoms with Crippen LogP contribution in [0.3, 0.4) is 0 Å². The molecular weight excluding hydrogens is 1840 g/mol. The lowest BCUT2D eigenvalue weighted by molar-refractivity contribution is -0.221. The number of nitrogens with two attached hydrogens (primary N) is 1.